The minimum absolute atomic E-state index is 0.228. The minimum Gasteiger partial charge on any atom is -0.497 e. The Hall–Kier alpha value is -2.96. The van der Waals surface area contributed by atoms with E-state index in [0.717, 1.165) is 11.4 Å². The van der Waals surface area contributed by atoms with Crippen molar-refractivity contribution in [2.75, 3.05) is 32.6 Å². The number of nitrogens with one attached hydrogen (secondary N) is 3. The molecule has 0 fully saturated rings. The molecule has 0 aliphatic heterocycles. The Morgan fingerprint density at radius 3 is 2.68 bits per heavy atom. The Kier molecular flexibility index (Phi) is 6.88. The maximum absolute atomic E-state index is 12.1. The van der Waals surface area contributed by atoms with Crippen LogP contribution in [0.3, 0.4) is 0 Å². The second-order valence-corrected chi connectivity index (χ2v) is 5.37. The van der Waals surface area contributed by atoms with E-state index in [9.17, 15) is 4.79 Å². The van der Waals surface area contributed by atoms with Crippen LogP contribution in [0.2, 0.25) is 0 Å². The molecule has 0 spiro atoms. The number of nitrogens with zero attached hydrogens (tertiary/aromatic N) is 1. The molecule has 1 aromatic heterocycles. The first-order valence-corrected chi connectivity index (χ1v) is 8.05. The lowest BCUT2D eigenvalue weighted by Crippen LogP contribution is -2.39. The molecule has 7 nitrogen and oxygen atoms in total. The summed E-state index contributed by atoms with van der Waals surface area (Å²) in [5.41, 5.74) is 0.851. The van der Waals surface area contributed by atoms with Crippen molar-refractivity contribution in [3.63, 3.8) is 0 Å². The number of urea groups is 1. The summed E-state index contributed by atoms with van der Waals surface area (Å²) in [4.78, 5) is 16.2. The quantitative estimate of drug-likeness (QED) is 0.641. The first kappa shape index (κ1) is 18.4. The van der Waals surface area contributed by atoms with Crippen LogP contribution in [0, 0.1) is 0 Å². The predicted molar refractivity (Wildman–Crippen MR) is 97.2 cm³/mol. The zero-order chi connectivity index (χ0) is 18.1. The van der Waals surface area contributed by atoms with Gasteiger partial charge in [-0.3, -0.25) is 0 Å². The average Bonchev–Trinajstić information content (AvgIpc) is 2.65. The fourth-order valence-corrected chi connectivity index (χ4v) is 2.34. The predicted octanol–water partition coefficient (Wildman–Crippen LogP) is 2.57. The van der Waals surface area contributed by atoms with E-state index in [1.165, 1.54) is 0 Å². The van der Waals surface area contributed by atoms with Crippen molar-refractivity contribution in [2.24, 2.45) is 0 Å². The van der Waals surface area contributed by atoms with E-state index in [1.807, 2.05) is 43.3 Å². The van der Waals surface area contributed by atoms with E-state index >= 15 is 0 Å². The van der Waals surface area contributed by atoms with Gasteiger partial charge < -0.3 is 25.4 Å². The van der Waals surface area contributed by atoms with Gasteiger partial charge >= 0.3 is 6.03 Å². The van der Waals surface area contributed by atoms with Crippen molar-refractivity contribution >= 4 is 11.8 Å². The normalized spacial score (nSPS) is 11.3. The highest BCUT2D eigenvalue weighted by Gasteiger charge is 2.15. The number of methoxy groups -OCH3 is 2. The molecular weight excluding hydrogens is 320 g/mol. The summed E-state index contributed by atoms with van der Waals surface area (Å²) in [5.74, 6) is 2.19. The molecule has 25 heavy (non-hydrogen) atoms. The molecule has 134 valence electrons. The molecule has 1 unspecified atom stereocenters. The molecule has 3 N–H and O–H groups in total. The molecule has 0 radical (unpaired) electrons. The van der Waals surface area contributed by atoms with E-state index in [4.69, 9.17) is 9.47 Å². The van der Waals surface area contributed by atoms with Gasteiger partial charge in [-0.1, -0.05) is 6.07 Å². The van der Waals surface area contributed by atoms with E-state index in [1.54, 1.807) is 20.4 Å². The highest BCUT2D eigenvalue weighted by Crippen LogP contribution is 2.29. The zero-order valence-corrected chi connectivity index (χ0v) is 14.7. The largest absolute Gasteiger partial charge is 0.497 e. The Morgan fingerprint density at radius 1 is 1.16 bits per heavy atom. The summed E-state index contributed by atoms with van der Waals surface area (Å²) in [6.45, 7) is 2.95. The highest BCUT2D eigenvalue weighted by atomic mass is 16.5. The maximum atomic E-state index is 12.1. The van der Waals surface area contributed by atoms with Gasteiger partial charge in [-0.2, -0.15) is 0 Å². The smallest absolute Gasteiger partial charge is 0.315 e. The van der Waals surface area contributed by atoms with Crippen LogP contribution in [0.1, 0.15) is 18.5 Å². The van der Waals surface area contributed by atoms with Crippen LogP contribution in [-0.2, 0) is 0 Å². The molecule has 1 heterocycles. The fraction of sp³-hybridized carbons (Fsp3) is 0.333. The lowest BCUT2D eigenvalue weighted by atomic mass is 10.1. The minimum atomic E-state index is -0.250. The Bertz CT molecular complexity index is 679. The summed E-state index contributed by atoms with van der Waals surface area (Å²) < 4.78 is 10.6. The van der Waals surface area contributed by atoms with Crippen molar-refractivity contribution in [2.45, 2.75) is 13.0 Å². The molecule has 7 heteroatoms. The lowest BCUT2D eigenvalue weighted by molar-refractivity contribution is 0.238. The van der Waals surface area contributed by atoms with Crippen LogP contribution in [0.15, 0.2) is 42.6 Å². The standard InChI is InChI=1S/C18H24N4O3/c1-13(15-12-14(24-2)7-8-16(15)25-3)22-18(23)21-11-10-20-17-6-4-5-9-19-17/h4-9,12-13H,10-11H2,1-3H3,(H,19,20)(H2,21,22,23). The number of hydrogen-bond donors (Lipinski definition) is 3. The number of hydrogen-bond acceptors (Lipinski definition) is 5. The van der Waals surface area contributed by atoms with E-state index in [-0.39, 0.29) is 12.1 Å². The van der Waals surface area contributed by atoms with Crippen LogP contribution < -0.4 is 25.4 Å². The molecule has 2 aromatic rings. The molecule has 0 saturated heterocycles. The second-order valence-electron chi connectivity index (χ2n) is 5.37. The van der Waals surface area contributed by atoms with E-state index in [2.05, 4.69) is 20.9 Å². The number of benzene rings is 1. The monoisotopic (exact) mass is 344 g/mol. The highest BCUT2D eigenvalue weighted by molar-refractivity contribution is 5.74. The van der Waals surface area contributed by atoms with Gasteiger partial charge in [0.05, 0.1) is 20.3 Å². The molecule has 0 aliphatic rings. The lowest BCUT2D eigenvalue weighted by Gasteiger charge is -2.18. The molecule has 1 aromatic carbocycles. The zero-order valence-electron chi connectivity index (χ0n) is 14.7. The van der Waals surface area contributed by atoms with Crippen molar-refractivity contribution in [1.29, 1.82) is 0 Å². The van der Waals surface area contributed by atoms with Gasteiger partial charge in [-0.15, -0.1) is 0 Å². The van der Waals surface area contributed by atoms with Gasteiger partial charge in [0, 0.05) is 24.8 Å². The first-order chi connectivity index (χ1) is 12.1. The summed E-state index contributed by atoms with van der Waals surface area (Å²) in [5, 5.41) is 8.83. The van der Waals surface area contributed by atoms with E-state index in [0.29, 0.717) is 24.6 Å². The number of carbonyl (C=O) groups is 1. The number of pyridine rings is 1. The van der Waals surface area contributed by atoms with Gasteiger partial charge in [0.1, 0.15) is 17.3 Å². The molecule has 0 bridgehead atoms. The summed E-state index contributed by atoms with van der Waals surface area (Å²) in [6.07, 6.45) is 1.71. The van der Waals surface area contributed by atoms with Crippen LogP contribution in [0.5, 0.6) is 11.5 Å². The third-order valence-electron chi connectivity index (χ3n) is 3.63. The summed E-state index contributed by atoms with van der Waals surface area (Å²) >= 11 is 0. The van der Waals surface area contributed by atoms with Gasteiger partial charge in [0.25, 0.3) is 0 Å². The summed E-state index contributed by atoms with van der Waals surface area (Å²) in [7, 11) is 3.20. The Morgan fingerprint density at radius 2 is 2.00 bits per heavy atom. The fourth-order valence-electron chi connectivity index (χ4n) is 2.34. The molecular formula is C18H24N4O3. The molecule has 0 aliphatic carbocycles. The molecule has 2 amide bonds. The van der Waals surface area contributed by atoms with Crippen molar-refractivity contribution in [1.82, 2.24) is 15.6 Å². The topological polar surface area (TPSA) is 84.5 Å². The average molecular weight is 344 g/mol. The Balaban J connectivity index is 1.81. The number of ether oxygens (including phenoxy) is 2. The number of amides is 2. The molecule has 2 rings (SSSR count). The van der Waals surface area contributed by atoms with Crippen LogP contribution in [0.4, 0.5) is 10.6 Å². The summed E-state index contributed by atoms with van der Waals surface area (Å²) in [6, 6.07) is 10.6. The van der Waals surface area contributed by atoms with Crippen molar-refractivity contribution < 1.29 is 14.3 Å². The van der Waals surface area contributed by atoms with Crippen LogP contribution in [0.25, 0.3) is 0 Å². The van der Waals surface area contributed by atoms with Gasteiger partial charge in [0.2, 0.25) is 0 Å². The van der Waals surface area contributed by atoms with Crippen molar-refractivity contribution in [3.8, 4) is 11.5 Å². The third-order valence-corrected chi connectivity index (χ3v) is 3.63. The second kappa shape index (κ2) is 9.36. The Labute approximate surface area is 147 Å². The third kappa shape index (κ3) is 5.56. The SMILES string of the molecule is COc1ccc(OC)c(C(C)NC(=O)NCCNc2ccccn2)c1. The molecule has 1 atom stereocenters. The van der Waals surface area contributed by atoms with Crippen molar-refractivity contribution in [3.05, 3.63) is 48.2 Å². The first-order valence-electron chi connectivity index (χ1n) is 8.05. The molecule has 0 saturated carbocycles. The number of aromatic nitrogens is 1. The maximum Gasteiger partial charge on any atom is 0.315 e. The van der Waals surface area contributed by atoms with Crippen LogP contribution >= 0.6 is 0 Å². The van der Waals surface area contributed by atoms with Gasteiger partial charge in [-0.25, -0.2) is 9.78 Å². The number of rotatable bonds is 8. The van der Waals surface area contributed by atoms with Gasteiger partial charge in [-0.05, 0) is 37.3 Å². The number of anilines is 1. The van der Waals surface area contributed by atoms with E-state index < -0.39 is 0 Å². The van der Waals surface area contributed by atoms with Crippen LogP contribution in [-0.4, -0.2) is 38.3 Å². The number of carbonyl (C=O) groups excluding carboxylic acids is 1. The van der Waals surface area contributed by atoms with Gasteiger partial charge in [0.15, 0.2) is 0 Å².